The zero-order valence-electron chi connectivity index (χ0n) is 10.8. The Bertz CT molecular complexity index is 770. The summed E-state index contributed by atoms with van der Waals surface area (Å²) in [5.41, 5.74) is 3.45. The molecule has 21 heavy (non-hydrogen) atoms. The van der Waals surface area contributed by atoms with Gasteiger partial charge >= 0.3 is 0 Å². The van der Waals surface area contributed by atoms with Crippen LogP contribution in [-0.2, 0) is 29.7 Å². The second-order valence-electron chi connectivity index (χ2n) is 4.72. The fourth-order valence-corrected chi connectivity index (χ4v) is 5.63. The molecular formula is C13H12BrClN2O2S2. The molecule has 0 saturated heterocycles. The van der Waals surface area contributed by atoms with Crippen LogP contribution in [0.2, 0.25) is 5.02 Å². The topological polar surface area (TPSA) is 58.2 Å². The summed E-state index contributed by atoms with van der Waals surface area (Å²) in [7, 11) is -3.54. The summed E-state index contributed by atoms with van der Waals surface area (Å²) in [5, 5.41) is 3.67. The van der Waals surface area contributed by atoms with Gasteiger partial charge < -0.3 is 5.32 Å². The van der Waals surface area contributed by atoms with E-state index in [9.17, 15) is 8.42 Å². The van der Waals surface area contributed by atoms with Crippen LogP contribution in [-0.4, -0.2) is 8.42 Å². The molecule has 8 heteroatoms. The normalized spacial score (nSPS) is 14.4. The van der Waals surface area contributed by atoms with Gasteiger partial charge in [0.2, 0.25) is 10.0 Å². The Morgan fingerprint density at radius 2 is 2.05 bits per heavy atom. The first-order valence-corrected chi connectivity index (χ1v) is 9.69. The van der Waals surface area contributed by atoms with Gasteiger partial charge in [-0.2, -0.15) is 0 Å². The average Bonchev–Trinajstić information content (AvgIpc) is 3.04. The van der Waals surface area contributed by atoms with Crippen molar-refractivity contribution in [2.24, 2.45) is 0 Å². The molecule has 0 amide bonds. The van der Waals surface area contributed by atoms with Crippen LogP contribution in [0.4, 0.5) is 0 Å². The zero-order valence-corrected chi connectivity index (χ0v) is 14.8. The van der Waals surface area contributed by atoms with Gasteiger partial charge in [0, 0.05) is 19.6 Å². The highest BCUT2D eigenvalue weighted by Crippen LogP contribution is 2.34. The lowest BCUT2D eigenvalue weighted by atomic mass is 10.1. The smallest absolute Gasteiger partial charge is 0.250 e. The van der Waals surface area contributed by atoms with E-state index in [4.69, 9.17) is 11.6 Å². The molecule has 1 aliphatic rings. The van der Waals surface area contributed by atoms with E-state index in [2.05, 4.69) is 26.0 Å². The lowest BCUT2D eigenvalue weighted by Gasteiger charge is -2.06. The Kier molecular flexibility index (Phi) is 4.40. The van der Waals surface area contributed by atoms with Crippen LogP contribution >= 0.6 is 38.9 Å². The Morgan fingerprint density at radius 3 is 2.76 bits per heavy atom. The first-order valence-electron chi connectivity index (χ1n) is 6.21. The lowest BCUT2D eigenvalue weighted by molar-refractivity contribution is 0.583. The van der Waals surface area contributed by atoms with E-state index in [1.165, 1.54) is 17.2 Å². The minimum atomic E-state index is -3.54. The summed E-state index contributed by atoms with van der Waals surface area (Å²) in [6.45, 7) is 1.98. The van der Waals surface area contributed by atoms with Crippen LogP contribution in [0.25, 0.3) is 0 Å². The first kappa shape index (κ1) is 15.5. The van der Waals surface area contributed by atoms with Crippen LogP contribution in [0.5, 0.6) is 0 Å². The molecule has 4 nitrogen and oxygen atoms in total. The third-order valence-corrected chi connectivity index (χ3v) is 7.60. The van der Waals surface area contributed by atoms with E-state index in [0.717, 1.165) is 30.0 Å². The molecule has 0 spiro atoms. The zero-order chi connectivity index (χ0) is 15.0. The molecule has 0 bridgehead atoms. The third kappa shape index (κ3) is 3.33. The minimum Gasteiger partial charge on any atom is -0.309 e. The maximum Gasteiger partial charge on any atom is 0.250 e. The molecule has 2 aromatic rings. The quantitative estimate of drug-likeness (QED) is 0.818. The lowest BCUT2D eigenvalue weighted by Crippen LogP contribution is -2.22. The molecular weight excluding hydrogens is 396 g/mol. The Balaban J connectivity index is 1.75. The van der Waals surface area contributed by atoms with Gasteiger partial charge in [-0.05, 0) is 38.7 Å². The molecule has 0 atom stereocenters. The molecule has 2 heterocycles. The Morgan fingerprint density at radius 1 is 1.29 bits per heavy atom. The van der Waals surface area contributed by atoms with Crippen LogP contribution < -0.4 is 10.0 Å². The molecule has 112 valence electrons. The van der Waals surface area contributed by atoms with Crippen molar-refractivity contribution in [3.05, 3.63) is 49.8 Å². The van der Waals surface area contributed by atoms with Crippen molar-refractivity contribution in [1.29, 1.82) is 0 Å². The van der Waals surface area contributed by atoms with Crippen LogP contribution in [0.1, 0.15) is 16.7 Å². The molecule has 0 unspecified atom stereocenters. The van der Waals surface area contributed by atoms with Crippen molar-refractivity contribution in [2.75, 3.05) is 0 Å². The van der Waals surface area contributed by atoms with E-state index < -0.39 is 10.0 Å². The van der Waals surface area contributed by atoms with Crippen molar-refractivity contribution < 1.29 is 8.42 Å². The highest BCUT2D eigenvalue weighted by molar-refractivity contribution is 9.11. The maximum absolute atomic E-state index is 12.2. The van der Waals surface area contributed by atoms with Crippen molar-refractivity contribution in [3.63, 3.8) is 0 Å². The SMILES string of the molecule is O=S(=O)(NCc1ccc2c(c1)CNC2)c1cc(Cl)c(Br)s1. The molecule has 1 aromatic carbocycles. The summed E-state index contributed by atoms with van der Waals surface area (Å²) >= 11 is 10.2. The monoisotopic (exact) mass is 406 g/mol. The van der Waals surface area contributed by atoms with Gasteiger partial charge in [-0.15, -0.1) is 11.3 Å². The van der Waals surface area contributed by atoms with E-state index in [1.807, 2.05) is 18.2 Å². The molecule has 1 aliphatic heterocycles. The fourth-order valence-electron chi connectivity index (χ4n) is 2.17. The number of hydrogen-bond acceptors (Lipinski definition) is 4. The standard InChI is InChI=1S/C13H12BrClN2O2S2/c14-13-11(15)4-12(20-13)21(18,19)17-5-8-1-2-9-6-16-7-10(9)3-8/h1-4,16-17H,5-7H2. The summed E-state index contributed by atoms with van der Waals surface area (Å²) in [4.78, 5) is 0. The van der Waals surface area contributed by atoms with Gasteiger partial charge in [0.15, 0.2) is 0 Å². The maximum atomic E-state index is 12.2. The predicted molar refractivity (Wildman–Crippen MR) is 88.0 cm³/mol. The summed E-state index contributed by atoms with van der Waals surface area (Å²) in [6.07, 6.45) is 0. The Labute approximate surface area is 140 Å². The van der Waals surface area contributed by atoms with E-state index in [1.54, 1.807) is 0 Å². The second-order valence-corrected chi connectivity index (χ2v) is 9.49. The van der Waals surface area contributed by atoms with Crippen molar-refractivity contribution in [1.82, 2.24) is 10.0 Å². The van der Waals surface area contributed by atoms with Gasteiger partial charge in [-0.25, -0.2) is 13.1 Å². The van der Waals surface area contributed by atoms with Gasteiger partial charge in [-0.1, -0.05) is 29.8 Å². The van der Waals surface area contributed by atoms with Crippen molar-refractivity contribution >= 4 is 48.9 Å². The number of hydrogen-bond donors (Lipinski definition) is 2. The van der Waals surface area contributed by atoms with Crippen molar-refractivity contribution in [2.45, 2.75) is 23.8 Å². The predicted octanol–water partition coefficient (Wildman–Crippen LogP) is 3.25. The molecule has 3 rings (SSSR count). The largest absolute Gasteiger partial charge is 0.309 e. The molecule has 0 fully saturated rings. The van der Waals surface area contributed by atoms with Crippen LogP contribution in [0.3, 0.4) is 0 Å². The first-order chi connectivity index (χ1) is 9.95. The summed E-state index contributed by atoms with van der Waals surface area (Å²) in [6, 6.07) is 7.48. The fraction of sp³-hybridized carbons (Fsp3) is 0.231. The molecule has 2 N–H and O–H groups in total. The number of nitrogens with one attached hydrogen (secondary N) is 2. The Hall–Kier alpha value is -0.440. The highest BCUT2D eigenvalue weighted by atomic mass is 79.9. The summed E-state index contributed by atoms with van der Waals surface area (Å²) in [5.74, 6) is 0. The van der Waals surface area contributed by atoms with E-state index in [0.29, 0.717) is 8.81 Å². The van der Waals surface area contributed by atoms with E-state index >= 15 is 0 Å². The number of sulfonamides is 1. The number of halogens is 2. The second kappa shape index (κ2) is 5.98. The van der Waals surface area contributed by atoms with Gasteiger partial charge in [0.1, 0.15) is 4.21 Å². The number of benzene rings is 1. The average molecular weight is 408 g/mol. The summed E-state index contributed by atoms with van der Waals surface area (Å²) < 4.78 is 27.9. The minimum absolute atomic E-state index is 0.210. The van der Waals surface area contributed by atoms with Gasteiger partial charge in [0.05, 0.1) is 8.81 Å². The third-order valence-electron chi connectivity index (χ3n) is 3.26. The number of rotatable bonds is 4. The molecule has 0 saturated carbocycles. The van der Waals surface area contributed by atoms with Crippen molar-refractivity contribution in [3.8, 4) is 0 Å². The number of thiophene rings is 1. The van der Waals surface area contributed by atoms with Crippen LogP contribution in [0, 0.1) is 0 Å². The van der Waals surface area contributed by atoms with Gasteiger partial charge in [-0.3, -0.25) is 0 Å². The molecule has 1 aromatic heterocycles. The van der Waals surface area contributed by atoms with Gasteiger partial charge in [0.25, 0.3) is 0 Å². The van der Waals surface area contributed by atoms with Crippen LogP contribution in [0.15, 0.2) is 32.3 Å². The highest BCUT2D eigenvalue weighted by Gasteiger charge is 2.19. The molecule has 0 radical (unpaired) electrons. The molecule has 0 aliphatic carbocycles. The number of fused-ring (bicyclic) bond motifs is 1. The van der Waals surface area contributed by atoms with E-state index in [-0.39, 0.29) is 10.8 Å².